The Kier molecular flexibility index (Phi) is 4.25. The number of benzene rings is 1. The first-order valence-corrected chi connectivity index (χ1v) is 6.59. The van der Waals surface area contributed by atoms with Crippen molar-refractivity contribution >= 4 is 17.5 Å². The van der Waals surface area contributed by atoms with Crippen LogP contribution in [0.4, 0.5) is 0 Å². The van der Waals surface area contributed by atoms with Gasteiger partial charge in [-0.25, -0.2) is 0 Å². The van der Waals surface area contributed by atoms with E-state index in [0.29, 0.717) is 17.1 Å². The minimum absolute atomic E-state index is 0.103. The number of hydrogen-bond donors (Lipinski definition) is 1. The third-order valence-electron chi connectivity index (χ3n) is 3.49. The average molecular weight is 268 g/mol. The van der Waals surface area contributed by atoms with Crippen molar-refractivity contribution in [2.45, 2.75) is 19.8 Å². The number of carbonyl (C=O) groups excluding carboxylic acids is 1. The third-order valence-corrected chi connectivity index (χ3v) is 3.82. The molecule has 1 aliphatic rings. The van der Waals surface area contributed by atoms with Gasteiger partial charge in [-0.05, 0) is 30.4 Å². The smallest absolute Gasteiger partial charge is 0.252 e. The summed E-state index contributed by atoms with van der Waals surface area (Å²) >= 11 is 5.99. The molecule has 2 rings (SSSR count). The molecular formula is C14H18ClNO2. The zero-order valence-electron chi connectivity index (χ0n) is 10.5. The summed E-state index contributed by atoms with van der Waals surface area (Å²) in [7, 11) is 0. The standard InChI is InChI=1S/C14H18ClNO2/c1-14(6-8-18-9-7-14)10-16-13(17)11-4-2-3-5-12(11)15/h2-5H,6-10H2,1H3,(H,16,17). The highest BCUT2D eigenvalue weighted by molar-refractivity contribution is 6.33. The predicted molar refractivity (Wildman–Crippen MR) is 71.9 cm³/mol. The van der Waals surface area contributed by atoms with Crippen molar-refractivity contribution in [3.63, 3.8) is 0 Å². The summed E-state index contributed by atoms with van der Waals surface area (Å²) in [4.78, 5) is 12.0. The first-order valence-electron chi connectivity index (χ1n) is 6.21. The number of carbonyl (C=O) groups is 1. The molecule has 1 aromatic carbocycles. The Labute approximate surface area is 112 Å². The Morgan fingerprint density at radius 3 is 2.72 bits per heavy atom. The molecule has 4 heteroatoms. The largest absolute Gasteiger partial charge is 0.381 e. The van der Waals surface area contributed by atoms with Crippen LogP contribution < -0.4 is 5.32 Å². The van der Waals surface area contributed by atoms with Crippen LogP contribution in [0.3, 0.4) is 0 Å². The highest BCUT2D eigenvalue weighted by Gasteiger charge is 2.28. The molecular weight excluding hydrogens is 250 g/mol. The number of rotatable bonds is 3. The maximum Gasteiger partial charge on any atom is 0.252 e. The molecule has 3 nitrogen and oxygen atoms in total. The summed E-state index contributed by atoms with van der Waals surface area (Å²) in [5.41, 5.74) is 0.671. The van der Waals surface area contributed by atoms with Crippen molar-refractivity contribution in [1.82, 2.24) is 5.32 Å². The Bertz CT molecular complexity index is 428. The van der Waals surface area contributed by atoms with Crippen LogP contribution >= 0.6 is 11.6 Å². The molecule has 1 heterocycles. The predicted octanol–water partition coefficient (Wildman–Crippen LogP) is 2.89. The van der Waals surface area contributed by atoms with Gasteiger partial charge in [0.2, 0.25) is 0 Å². The van der Waals surface area contributed by atoms with Crippen molar-refractivity contribution < 1.29 is 9.53 Å². The normalized spacial score (nSPS) is 18.3. The number of nitrogens with one attached hydrogen (secondary N) is 1. The molecule has 0 spiro atoms. The number of ether oxygens (including phenoxy) is 1. The summed E-state index contributed by atoms with van der Waals surface area (Å²) in [6.45, 7) is 4.40. The van der Waals surface area contributed by atoms with E-state index in [1.807, 2.05) is 12.1 Å². The van der Waals surface area contributed by atoms with Crippen LogP contribution in [-0.4, -0.2) is 25.7 Å². The molecule has 0 saturated carbocycles. The lowest BCUT2D eigenvalue weighted by Crippen LogP contribution is -2.39. The van der Waals surface area contributed by atoms with Gasteiger partial charge in [0, 0.05) is 19.8 Å². The molecule has 18 heavy (non-hydrogen) atoms. The van der Waals surface area contributed by atoms with E-state index in [0.717, 1.165) is 26.1 Å². The summed E-state index contributed by atoms with van der Waals surface area (Å²) in [6, 6.07) is 7.10. The third kappa shape index (κ3) is 3.24. The Hall–Kier alpha value is -1.06. The highest BCUT2D eigenvalue weighted by Crippen LogP contribution is 2.28. The first-order chi connectivity index (χ1) is 8.61. The van der Waals surface area contributed by atoms with E-state index in [1.54, 1.807) is 12.1 Å². The second-order valence-electron chi connectivity index (χ2n) is 5.09. The van der Waals surface area contributed by atoms with Crippen LogP contribution in [0.5, 0.6) is 0 Å². The number of amides is 1. The van der Waals surface area contributed by atoms with Gasteiger partial charge in [0.25, 0.3) is 5.91 Å². The van der Waals surface area contributed by atoms with E-state index >= 15 is 0 Å². The van der Waals surface area contributed by atoms with Crippen molar-refractivity contribution in [2.75, 3.05) is 19.8 Å². The van der Waals surface area contributed by atoms with E-state index in [2.05, 4.69) is 12.2 Å². The van der Waals surface area contributed by atoms with Crippen molar-refractivity contribution in [3.05, 3.63) is 34.9 Å². The van der Waals surface area contributed by atoms with Gasteiger partial charge in [0.1, 0.15) is 0 Å². The van der Waals surface area contributed by atoms with Gasteiger partial charge < -0.3 is 10.1 Å². The molecule has 1 aliphatic heterocycles. The van der Waals surface area contributed by atoms with Gasteiger partial charge in [0.05, 0.1) is 10.6 Å². The molecule has 1 saturated heterocycles. The van der Waals surface area contributed by atoms with Crippen LogP contribution in [0.15, 0.2) is 24.3 Å². The van der Waals surface area contributed by atoms with Crippen LogP contribution in [0, 0.1) is 5.41 Å². The van der Waals surface area contributed by atoms with Crippen molar-refractivity contribution in [3.8, 4) is 0 Å². The average Bonchev–Trinajstić information content (AvgIpc) is 2.38. The molecule has 0 bridgehead atoms. The van der Waals surface area contributed by atoms with E-state index in [4.69, 9.17) is 16.3 Å². The molecule has 1 fully saturated rings. The fraction of sp³-hybridized carbons (Fsp3) is 0.500. The second-order valence-corrected chi connectivity index (χ2v) is 5.49. The van der Waals surface area contributed by atoms with Gasteiger partial charge in [-0.3, -0.25) is 4.79 Å². The van der Waals surface area contributed by atoms with Crippen LogP contribution in [0.1, 0.15) is 30.1 Å². The lowest BCUT2D eigenvalue weighted by Gasteiger charge is -2.33. The van der Waals surface area contributed by atoms with E-state index in [-0.39, 0.29) is 11.3 Å². The number of halogens is 1. The summed E-state index contributed by atoms with van der Waals surface area (Å²) in [5, 5.41) is 3.46. The van der Waals surface area contributed by atoms with Crippen molar-refractivity contribution in [2.24, 2.45) is 5.41 Å². The molecule has 0 unspecified atom stereocenters. The van der Waals surface area contributed by atoms with Crippen LogP contribution in [-0.2, 0) is 4.74 Å². The first kappa shape index (κ1) is 13.4. The lowest BCUT2D eigenvalue weighted by atomic mass is 9.82. The molecule has 1 N–H and O–H groups in total. The quantitative estimate of drug-likeness (QED) is 0.915. The zero-order chi connectivity index (χ0) is 13.0. The van der Waals surface area contributed by atoms with Gasteiger partial charge >= 0.3 is 0 Å². The molecule has 98 valence electrons. The Morgan fingerprint density at radius 1 is 1.39 bits per heavy atom. The fourth-order valence-electron chi connectivity index (χ4n) is 2.08. The minimum atomic E-state index is -0.103. The summed E-state index contributed by atoms with van der Waals surface area (Å²) < 4.78 is 5.34. The molecule has 0 aliphatic carbocycles. The molecule has 0 atom stereocenters. The van der Waals surface area contributed by atoms with Gasteiger partial charge in [0.15, 0.2) is 0 Å². The summed E-state index contributed by atoms with van der Waals surface area (Å²) in [5.74, 6) is -0.103. The Balaban J connectivity index is 1.94. The topological polar surface area (TPSA) is 38.3 Å². The molecule has 1 amide bonds. The van der Waals surface area contributed by atoms with E-state index < -0.39 is 0 Å². The SMILES string of the molecule is CC1(CNC(=O)c2ccccc2Cl)CCOCC1. The van der Waals surface area contributed by atoms with Gasteiger partial charge in [-0.2, -0.15) is 0 Å². The zero-order valence-corrected chi connectivity index (χ0v) is 11.3. The molecule has 0 radical (unpaired) electrons. The minimum Gasteiger partial charge on any atom is -0.381 e. The fourth-order valence-corrected chi connectivity index (χ4v) is 2.30. The van der Waals surface area contributed by atoms with Crippen LogP contribution in [0.2, 0.25) is 5.02 Å². The monoisotopic (exact) mass is 267 g/mol. The van der Waals surface area contributed by atoms with Crippen LogP contribution in [0.25, 0.3) is 0 Å². The van der Waals surface area contributed by atoms with Gasteiger partial charge in [-0.15, -0.1) is 0 Å². The lowest BCUT2D eigenvalue weighted by molar-refractivity contribution is 0.0238. The van der Waals surface area contributed by atoms with Crippen molar-refractivity contribution in [1.29, 1.82) is 0 Å². The van der Waals surface area contributed by atoms with E-state index in [1.165, 1.54) is 0 Å². The molecule has 1 aromatic rings. The van der Waals surface area contributed by atoms with E-state index in [9.17, 15) is 4.79 Å². The highest BCUT2D eigenvalue weighted by atomic mass is 35.5. The summed E-state index contributed by atoms with van der Waals surface area (Å²) in [6.07, 6.45) is 1.96. The Morgan fingerprint density at radius 2 is 2.06 bits per heavy atom. The molecule has 0 aromatic heterocycles. The van der Waals surface area contributed by atoms with Gasteiger partial charge in [-0.1, -0.05) is 30.7 Å². The number of hydrogen-bond acceptors (Lipinski definition) is 2. The maximum absolute atomic E-state index is 12.0. The maximum atomic E-state index is 12.0. The second kappa shape index (κ2) is 5.72.